The van der Waals surface area contributed by atoms with Crippen molar-refractivity contribution in [2.45, 2.75) is 0 Å². The van der Waals surface area contributed by atoms with Gasteiger partial charge in [0.1, 0.15) is 0 Å². The van der Waals surface area contributed by atoms with Gasteiger partial charge in [-0.25, -0.2) is 0 Å². The summed E-state index contributed by atoms with van der Waals surface area (Å²) in [4.78, 5) is 15.2. The van der Waals surface area contributed by atoms with Crippen molar-refractivity contribution in [3.8, 4) is 6.07 Å². The minimum atomic E-state index is -0.0729. The van der Waals surface area contributed by atoms with Gasteiger partial charge in [0.15, 0.2) is 5.69 Å². The monoisotopic (exact) mass is 379 g/mol. The first kappa shape index (κ1) is 17.2. The first-order valence-corrected chi connectivity index (χ1v) is 8.98. The van der Waals surface area contributed by atoms with E-state index in [-0.39, 0.29) is 22.6 Å². The minimum Gasteiger partial charge on any atom is -0.262 e. The molecule has 5 heteroatoms. The number of hydrogen-bond acceptors (Lipinski definition) is 2. The summed E-state index contributed by atoms with van der Waals surface area (Å²) >= 11 is 0. The number of nitrogens with zero attached hydrogens (tertiary/aromatic N) is 5. The van der Waals surface area contributed by atoms with Crippen LogP contribution in [0, 0.1) is 31.0 Å². The minimum absolute atomic E-state index is 0.0678. The zero-order valence-corrected chi connectivity index (χ0v) is 15.4. The van der Waals surface area contributed by atoms with E-state index < -0.39 is 0 Å². The van der Waals surface area contributed by atoms with Crippen molar-refractivity contribution >= 4 is 60.3 Å². The van der Waals surface area contributed by atoms with Crippen molar-refractivity contribution in [3.05, 3.63) is 94.5 Å². The standard InChI is InChI=1S/C25H9N5/c1-27-23-19(13-26)20-16-9-6-10-30-22(16)18-12-15-8-5-4-7-14(15)11-17(18)21(20)24(28-2)25(23)29-3/h4-12H. The van der Waals surface area contributed by atoms with Gasteiger partial charge in [0.2, 0.25) is 11.4 Å². The van der Waals surface area contributed by atoms with Crippen molar-refractivity contribution in [1.82, 2.24) is 4.98 Å². The van der Waals surface area contributed by atoms with Crippen LogP contribution in [-0.2, 0) is 0 Å². The molecule has 5 nitrogen and oxygen atoms in total. The van der Waals surface area contributed by atoms with Crippen molar-refractivity contribution < 1.29 is 0 Å². The fourth-order valence-corrected chi connectivity index (χ4v) is 4.14. The Bertz CT molecular complexity index is 1740. The van der Waals surface area contributed by atoms with Crippen LogP contribution in [0.1, 0.15) is 5.56 Å². The number of nitriles is 1. The highest BCUT2D eigenvalue weighted by atomic mass is 14.8. The molecule has 1 aromatic heterocycles. The Balaban J connectivity index is 2.27. The zero-order chi connectivity index (χ0) is 20.8. The second kappa shape index (κ2) is 6.29. The topological polar surface area (TPSA) is 49.8 Å². The highest BCUT2D eigenvalue weighted by molar-refractivity contribution is 6.32. The quantitative estimate of drug-likeness (QED) is 0.162. The molecule has 0 amide bonds. The summed E-state index contributed by atoms with van der Waals surface area (Å²) in [5.74, 6) is 0. The number of aromatic nitrogens is 1. The van der Waals surface area contributed by atoms with E-state index >= 15 is 0 Å². The molecule has 0 aliphatic rings. The zero-order valence-electron chi connectivity index (χ0n) is 15.4. The van der Waals surface area contributed by atoms with E-state index in [0.29, 0.717) is 21.7 Å². The summed E-state index contributed by atoms with van der Waals surface area (Å²) in [5, 5.41) is 15.3. The van der Waals surface area contributed by atoms with Crippen molar-refractivity contribution in [1.29, 1.82) is 5.26 Å². The highest BCUT2D eigenvalue weighted by Crippen LogP contribution is 2.51. The van der Waals surface area contributed by atoms with Gasteiger partial charge in [0, 0.05) is 17.0 Å². The largest absolute Gasteiger partial charge is 0.262 e. The smallest absolute Gasteiger partial charge is 0.202 e. The van der Waals surface area contributed by atoms with E-state index in [1.54, 1.807) is 12.3 Å². The average molecular weight is 379 g/mol. The molecule has 0 bridgehead atoms. The van der Waals surface area contributed by atoms with Crippen LogP contribution < -0.4 is 0 Å². The molecule has 30 heavy (non-hydrogen) atoms. The Kier molecular flexibility index (Phi) is 3.59. The van der Waals surface area contributed by atoms with Crippen LogP contribution >= 0.6 is 0 Å². The number of benzene rings is 4. The van der Waals surface area contributed by atoms with Gasteiger partial charge in [-0.1, -0.05) is 30.3 Å². The summed E-state index contributed by atoms with van der Waals surface area (Å²) in [7, 11) is 0. The van der Waals surface area contributed by atoms with E-state index in [0.717, 1.165) is 21.5 Å². The summed E-state index contributed by atoms with van der Waals surface area (Å²) in [5.41, 5.74) is 0.783. The Morgan fingerprint density at radius 3 is 2.03 bits per heavy atom. The SMILES string of the molecule is [C-]#[N+]c1c([N+]#[C-])c(C#N)c2c3cccnc3c3cc4ccccc4cc3c2c1[N+]#[C-]. The third kappa shape index (κ3) is 2.10. The van der Waals surface area contributed by atoms with E-state index in [1.165, 1.54) is 0 Å². The van der Waals surface area contributed by atoms with Crippen LogP contribution in [0.25, 0.3) is 57.8 Å². The second-order valence-electron chi connectivity index (χ2n) is 6.76. The lowest BCUT2D eigenvalue weighted by atomic mass is 9.90. The fraction of sp³-hybridized carbons (Fsp3) is 0. The first-order chi connectivity index (χ1) is 14.7. The lowest BCUT2D eigenvalue weighted by Crippen LogP contribution is -1.90. The summed E-state index contributed by atoms with van der Waals surface area (Å²) in [6.45, 7) is 23.0. The fourth-order valence-electron chi connectivity index (χ4n) is 4.14. The molecule has 0 radical (unpaired) electrons. The number of hydrogen-bond donors (Lipinski definition) is 0. The second-order valence-corrected chi connectivity index (χ2v) is 6.76. The third-order valence-electron chi connectivity index (χ3n) is 5.36. The van der Waals surface area contributed by atoms with Crippen molar-refractivity contribution in [2.75, 3.05) is 0 Å². The third-order valence-corrected chi connectivity index (χ3v) is 5.36. The van der Waals surface area contributed by atoms with Gasteiger partial charge in [-0.3, -0.25) is 19.5 Å². The number of rotatable bonds is 0. The highest BCUT2D eigenvalue weighted by Gasteiger charge is 2.24. The van der Waals surface area contributed by atoms with E-state index in [2.05, 4.69) is 25.6 Å². The molecular weight excluding hydrogens is 370 g/mol. The molecule has 0 atom stereocenters. The van der Waals surface area contributed by atoms with E-state index in [1.807, 2.05) is 42.5 Å². The molecule has 0 unspecified atom stereocenters. The van der Waals surface area contributed by atoms with Gasteiger partial charge < -0.3 is 0 Å². The van der Waals surface area contributed by atoms with Crippen molar-refractivity contribution in [2.24, 2.45) is 0 Å². The van der Waals surface area contributed by atoms with Gasteiger partial charge in [-0.2, -0.15) is 5.26 Å². The van der Waals surface area contributed by atoms with Gasteiger partial charge in [0.05, 0.1) is 36.9 Å². The maximum absolute atomic E-state index is 9.94. The van der Waals surface area contributed by atoms with Gasteiger partial charge in [-0.15, -0.1) is 0 Å². The van der Waals surface area contributed by atoms with Crippen LogP contribution in [0.5, 0.6) is 0 Å². The molecular formula is C25H9N5. The molecule has 5 rings (SSSR count). The van der Waals surface area contributed by atoms with E-state index in [9.17, 15) is 5.26 Å². The van der Waals surface area contributed by atoms with Crippen LogP contribution in [0.15, 0.2) is 54.7 Å². The molecule has 0 fully saturated rings. The summed E-state index contributed by atoms with van der Waals surface area (Å²) < 4.78 is 0. The first-order valence-electron chi connectivity index (χ1n) is 8.98. The predicted octanol–water partition coefficient (Wildman–Crippen LogP) is 7.22. The van der Waals surface area contributed by atoms with Gasteiger partial charge >= 0.3 is 0 Å². The molecule has 1 heterocycles. The van der Waals surface area contributed by atoms with Crippen LogP contribution in [-0.4, -0.2) is 4.98 Å². The van der Waals surface area contributed by atoms with Crippen LogP contribution in [0.4, 0.5) is 17.1 Å². The summed E-state index contributed by atoms with van der Waals surface area (Å²) in [6, 6.07) is 17.6. The molecule has 0 N–H and O–H groups in total. The summed E-state index contributed by atoms with van der Waals surface area (Å²) in [6.07, 6.45) is 1.69. The van der Waals surface area contributed by atoms with Gasteiger partial charge in [0.25, 0.3) is 0 Å². The lowest BCUT2D eigenvalue weighted by Gasteiger charge is -2.15. The number of pyridine rings is 1. The lowest BCUT2D eigenvalue weighted by molar-refractivity contribution is 1.43. The molecule has 0 saturated heterocycles. The molecule has 0 saturated carbocycles. The maximum atomic E-state index is 9.94. The number of fused-ring (bicyclic) bond motifs is 7. The molecule has 5 aromatic rings. The Labute approximate surface area is 171 Å². The Hall–Kier alpha value is -4.97. The Morgan fingerprint density at radius 1 is 0.733 bits per heavy atom. The average Bonchev–Trinajstić information content (AvgIpc) is 2.81. The molecule has 4 aromatic carbocycles. The van der Waals surface area contributed by atoms with Crippen molar-refractivity contribution in [3.63, 3.8) is 0 Å². The normalized spacial score (nSPS) is 10.5. The molecule has 134 valence electrons. The van der Waals surface area contributed by atoms with Crippen LogP contribution in [0.2, 0.25) is 0 Å². The van der Waals surface area contributed by atoms with E-state index in [4.69, 9.17) is 19.7 Å². The Morgan fingerprint density at radius 2 is 1.40 bits per heavy atom. The molecule has 0 aliphatic heterocycles. The predicted molar refractivity (Wildman–Crippen MR) is 118 cm³/mol. The van der Waals surface area contributed by atoms with Crippen LogP contribution in [0.3, 0.4) is 0 Å². The van der Waals surface area contributed by atoms with Gasteiger partial charge in [-0.05, 0) is 45.1 Å². The molecule has 0 spiro atoms. The molecule has 0 aliphatic carbocycles. The maximum Gasteiger partial charge on any atom is 0.202 e.